The van der Waals surface area contributed by atoms with Gasteiger partial charge in [-0.3, -0.25) is 0 Å². The summed E-state index contributed by atoms with van der Waals surface area (Å²) in [5, 5.41) is 0.829. The molecule has 0 bridgehead atoms. The van der Waals surface area contributed by atoms with Crippen LogP contribution in [0, 0.1) is 13.8 Å². The Hall–Kier alpha value is -1.35. The largest absolute Gasteiger partial charge is 0.445 e. The average molecular weight is 205 g/mol. The summed E-state index contributed by atoms with van der Waals surface area (Å²) in [6.45, 7) is 4.12. The van der Waals surface area contributed by atoms with E-state index in [4.69, 9.17) is 4.74 Å². The molecule has 1 aromatic heterocycles. The van der Waals surface area contributed by atoms with Gasteiger partial charge in [0.05, 0.1) is 11.7 Å². The Morgan fingerprint density at radius 2 is 1.86 bits per heavy atom. The number of benzene rings is 1. The normalized spacial score (nSPS) is 10.1. The molecule has 0 amide bonds. The molecule has 0 aliphatic rings. The molecular weight excluding hydrogens is 194 g/mol. The molecule has 14 heavy (non-hydrogen) atoms. The lowest BCUT2D eigenvalue weighted by atomic mass is 10.1. The minimum absolute atomic E-state index is 0.829. The van der Waals surface area contributed by atoms with Crippen LogP contribution in [0.1, 0.15) is 11.1 Å². The molecule has 1 heterocycles. The fourth-order valence-corrected chi connectivity index (χ4v) is 1.85. The summed E-state index contributed by atoms with van der Waals surface area (Å²) in [7, 11) is 0. The van der Waals surface area contributed by atoms with E-state index in [1.165, 1.54) is 22.5 Å². The molecule has 0 radical (unpaired) electrons. The second-order valence-corrected chi connectivity index (χ2v) is 4.09. The van der Waals surface area contributed by atoms with E-state index < -0.39 is 0 Å². The lowest BCUT2D eigenvalue weighted by Gasteiger charge is -2.04. The third kappa shape index (κ3) is 2.12. The van der Waals surface area contributed by atoms with E-state index in [1.807, 2.05) is 12.1 Å². The van der Waals surface area contributed by atoms with Gasteiger partial charge in [-0.2, -0.15) is 0 Å². The van der Waals surface area contributed by atoms with Crippen LogP contribution >= 0.6 is 11.3 Å². The summed E-state index contributed by atoms with van der Waals surface area (Å²) < 4.78 is 5.64. The van der Waals surface area contributed by atoms with Gasteiger partial charge in [-0.1, -0.05) is 17.4 Å². The third-order valence-electron chi connectivity index (χ3n) is 1.82. The maximum Gasteiger partial charge on any atom is 0.200 e. The SMILES string of the molecule is Cc1cc(C)cc(Oc2cncs2)c1. The van der Waals surface area contributed by atoms with Crippen LogP contribution in [0.4, 0.5) is 0 Å². The van der Waals surface area contributed by atoms with E-state index in [-0.39, 0.29) is 0 Å². The molecule has 0 atom stereocenters. The standard InChI is InChI=1S/C11H11NOS/c1-8-3-9(2)5-10(4-8)13-11-6-12-7-14-11/h3-7H,1-2H3. The Balaban J connectivity index is 2.25. The number of aryl methyl sites for hydroxylation is 2. The van der Waals surface area contributed by atoms with Crippen molar-refractivity contribution in [2.75, 3.05) is 0 Å². The third-order valence-corrected chi connectivity index (χ3v) is 2.47. The van der Waals surface area contributed by atoms with Gasteiger partial charge < -0.3 is 4.74 Å². The van der Waals surface area contributed by atoms with Crippen LogP contribution in [0.15, 0.2) is 29.9 Å². The Labute approximate surface area is 87.2 Å². The molecular formula is C11H11NOS. The first-order valence-corrected chi connectivity index (χ1v) is 5.26. The second-order valence-electron chi connectivity index (χ2n) is 3.25. The number of nitrogens with zero attached hydrogens (tertiary/aromatic N) is 1. The van der Waals surface area contributed by atoms with Crippen molar-refractivity contribution >= 4 is 11.3 Å². The van der Waals surface area contributed by atoms with Crippen molar-refractivity contribution in [3.63, 3.8) is 0 Å². The van der Waals surface area contributed by atoms with Crippen molar-refractivity contribution in [2.45, 2.75) is 13.8 Å². The van der Waals surface area contributed by atoms with E-state index in [0.717, 1.165) is 10.8 Å². The fraction of sp³-hybridized carbons (Fsp3) is 0.182. The molecule has 3 heteroatoms. The molecule has 72 valence electrons. The van der Waals surface area contributed by atoms with E-state index in [1.54, 1.807) is 11.7 Å². The predicted molar refractivity (Wildman–Crippen MR) is 58.1 cm³/mol. The van der Waals surface area contributed by atoms with Gasteiger partial charge in [0.2, 0.25) is 5.06 Å². The van der Waals surface area contributed by atoms with E-state index >= 15 is 0 Å². The highest BCUT2D eigenvalue weighted by atomic mass is 32.1. The molecule has 0 unspecified atom stereocenters. The zero-order valence-electron chi connectivity index (χ0n) is 8.15. The van der Waals surface area contributed by atoms with Crippen LogP contribution in [0.5, 0.6) is 10.8 Å². The van der Waals surface area contributed by atoms with Gasteiger partial charge in [0, 0.05) is 0 Å². The summed E-state index contributed by atoms with van der Waals surface area (Å²) in [6, 6.07) is 6.17. The highest BCUT2D eigenvalue weighted by molar-refractivity contribution is 7.11. The molecule has 0 N–H and O–H groups in total. The summed E-state index contributed by atoms with van der Waals surface area (Å²) in [5.74, 6) is 0.881. The van der Waals surface area contributed by atoms with Gasteiger partial charge in [-0.25, -0.2) is 4.98 Å². The Morgan fingerprint density at radius 3 is 2.43 bits per heavy atom. The fourth-order valence-electron chi connectivity index (χ4n) is 1.36. The minimum atomic E-state index is 0.829. The van der Waals surface area contributed by atoms with E-state index in [2.05, 4.69) is 24.9 Å². The lowest BCUT2D eigenvalue weighted by Crippen LogP contribution is -1.84. The zero-order valence-corrected chi connectivity index (χ0v) is 8.97. The molecule has 0 spiro atoms. The van der Waals surface area contributed by atoms with Crippen molar-refractivity contribution in [3.8, 4) is 10.8 Å². The second kappa shape index (κ2) is 3.80. The first kappa shape index (κ1) is 9.21. The monoisotopic (exact) mass is 205 g/mol. The number of thiazole rings is 1. The van der Waals surface area contributed by atoms with Gasteiger partial charge in [0.25, 0.3) is 0 Å². The van der Waals surface area contributed by atoms with Gasteiger partial charge in [0.15, 0.2) is 0 Å². The van der Waals surface area contributed by atoms with Gasteiger partial charge in [0.1, 0.15) is 5.75 Å². The number of hydrogen-bond donors (Lipinski definition) is 0. The van der Waals surface area contributed by atoms with Gasteiger partial charge in [-0.05, 0) is 37.1 Å². The van der Waals surface area contributed by atoms with Crippen molar-refractivity contribution in [1.82, 2.24) is 4.98 Å². The maximum absolute atomic E-state index is 5.64. The Morgan fingerprint density at radius 1 is 1.14 bits per heavy atom. The number of aromatic nitrogens is 1. The molecule has 2 aromatic rings. The minimum Gasteiger partial charge on any atom is -0.445 e. The van der Waals surface area contributed by atoms with Crippen LogP contribution in [0.3, 0.4) is 0 Å². The molecule has 2 nitrogen and oxygen atoms in total. The molecule has 1 aromatic carbocycles. The van der Waals surface area contributed by atoms with Crippen molar-refractivity contribution in [2.24, 2.45) is 0 Å². The van der Waals surface area contributed by atoms with Crippen molar-refractivity contribution in [3.05, 3.63) is 41.0 Å². The molecule has 0 aliphatic heterocycles. The maximum atomic E-state index is 5.64. The molecule has 0 aliphatic carbocycles. The quantitative estimate of drug-likeness (QED) is 0.748. The van der Waals surface area contributed by atoms with E-state index in [9.17, 15) is 0 Å². The predicted octanol–water partition coefficient (Wildman–Crippen LogP) is 3.55. The Kier molecular flexibility index (Phi) is 2.50. The highest BCUT2D eigenvalue weighted by Gasteiger charge is 1.99. The van der Waals surface area contributed by atoms with Crippen molar-refractivity contribution < 1.29 is 4.74 Å². The number of ether oxygens (including phenoxy) is 1. The number of rotatable bonds is 2. The smallest absolute Gasteiger partial charge is 0.200 e. The highest BCUT2D eigenvalue weighted by Crippen LogP contribution is 2.26. The molecule has 0 fully saturated rings. The first-order valence-electron chi connectivity index (χ1n) is 4.39. The van der Waals surface area contributed by atoms with Crippen LogP contribution in [0.2, 0.25) is 0 Å². The molecule has 0 saturated heterocycles. The van der Waals surface area contributed by atoms with Crippen LogP contribution in [0.25, 0.3) is 0 Å². The zero-order chi connectivity index (χ0) is 9.97. The number of hydrogen-bond acceptors (Lipinski definition) is 3. The molecule has 0 saturated carbocycles. The topological polar surface area (TPSA) is 22.1 Å². The summed E-state index contributed by atoms with van der Waals surface area (Å²) >= 11 is 1.50. The first-order chi connectivity index (χ1) is 6.74. The Bertz CT molecular complexity index is 403. The average Bonchev–Trinajstić information content (AvgIpc) is 2.54. The van der Waals surface area contributed by atoms with Crippen molar-refractivity contribution in [1.29, 1.82) is 0 Å². The van der Waals surface area contributed by atoms with Gasteiger partial charge in [-0.15, -0.1) is 0 Å². The summed E-state index contributed by atoms with van der Waals surface area (Å²) in [5.41, 5.74) is 4.19. The molecule has 2 rings (SSSR count). The summed E-state index contributed by atoms with van der Waals surface area (Å²) in [4.78, 5) is 3.96. The summed E-state index contributed by atoms with van der Waals surface area (Å²) in [6.07, 6.45) is 1.72. The lowest BCUT2D eigenvalue weighted by molar-refractivity contribution is 0.494. The van der Waals surface area contributed by atoms with Crippen LogP contribution in [-0.2, 0) is 0 Å². The van der Waals surface area contributed by atoms with Crippen LogP contribution < -0.4 is 4.74 Å². The van der Waals surface area contributed by atoms with Gasteiger partial charge >= 0.3 is 0 Å². The van der Waals surface area contributed by atoms with E-state index in [0.29, 0.717) is 0 Å². The van der Waals surface area contributed by atoms with Crippen LogP contribution in [-0.4, -0.2) is 4.98 Å².